The molecule has 1 aromatic carbocycles. The highest BCUT2D eigenvalue weighted by Crippen LogP contribution is 2.35. The SMILES string of the molecule is O=C(Nc1ccccc1-n1cccn1)C1CCN(c2ncc(C(F)(F)F)cc2Cl)CC1. The van der Waals surface area contributed by atoms with Crippen LogP contribution >= 0.6 is 11.6 Å². The molecule has 0 bridgehead atoms. The van der Waals surface area contributed by atoms with Crippen molar-refractivity contribution in [1.82, 2.24) is 14.8 Å². The van der Waals surface area contributed by atoms with Gasteiger partial charge in [-0.25, -0.2) is 9.67 Å². The molecule has 3 aromatic rings. The third-order valence-electron chi connectivity index (χ3n) is 5.23. The highest BCUT2D eigenvalue weighted by Gasteiger charge is 2.33. The number of rotatable bonds is 4. The smallest absolute Gasteiger partial charge is 0.355 e. The first-order valence-electron chi connectivity index (χ1n) is 9.70. The summed E-state index contributed by atoms with van der Waals surface area (Å²) in [5.41, 5.74) is 0.538. The number of para-hydroxylation sites is 2. The first-order chi connectivity index (χ1) is 14.8. The first-order valence-corrected chi connectivity index (χ1v) is 10.1. The predicted molar refractivity (Wildman–Crippen MR) is 111 cm³/mol. The molecule has 0 spiro atoms. The molecule has 0 aliphatic carbocycles. The van der Waals surface area contributed by atoms with Crippen LogP contribution in [0.3, 0.4) is 0 Å². The molecule has 1 saturated heterocycles. The van der Waals surface area contributed by atoms with Crippen LogP contribution in [0.5, 0.6) is 0 Å². The second kappa shape index (κ2) is 8.58. The van der Waals surface area contributed by atoms with E-state index in [2.05, 4.69) is 15.4 Å². The number of nitrogens with zero attached hydrogens (tertiary/aromatic N) is 4. The number of hydrogen-bond acceptors (Lipinski definition) is 4. The molecule has 10 heteroatoms. The van der Waals surface area contributed by atoms with Crippen LogP contribution in [-0.4, -0.2) is 33.8 Å². The third kappa shape index (κ3) is 4.66. The van der Waals surface area contributed by atoms with Gasteiger partial charge in [0.2, 0.25) is 5.91 Å². The Bertz CT molecular complexity index is 1060. The molecule has 3 heterocycles. The quantitative estimate of drug-likeness (QED) is 0.621. The lowest BCUT2D eigenvalue weighted by molar-refractivity contribution is -0.137. The standard InChI is InChI=1S/C21H19ClF3N5O/c22-16-12-15(21(23,24)25)13-26-19(16)29-10-6-14(7-11-29)20(31)28-17-4-1-2-5-18(17)30-9-3-8-27-30/h1-5,8-9,12-14H,6-7,10-11H2,(H,28,31). The van der Waals surface area contributed by atoms with Gasteiger partial charge in [0.1, 0.15) is 5.82 Å². The van der Waals surface area contributed by atoms with Crippen LogP contribution in [0.1, 0.15) is 18.4 Å². The number of piperidine rings is 1. The number of nitrogens with one attached hydrogen (secondary N) is 1. The molecule has 1 N–H and O–H groups in total. The van der Waals surface area contributed by atoms with Crippen molar-refractivity contribution >= 4 is 29.0 Å². The molecule has 4 rings (SSSR count). The van der Waals surface area contributed by atoms with Crippen molar-refractivity contribution in [3.05, 3.63) is 65.6 Å². The van der Waals surface area contributed by atoms with Crippen LogP contribution in [0.25, 0.3) is 5.69 Å². The summed E-state index contributed by atoms with van der Waals surface area (Å²) in [7, 11) is 0. The Morgan fingerprint density at radius 3 is 2.55 bits per heavy atom. The van der Waals surface area contributed by atoms with Gasteiger partial charge in [-0.2, -0.15) is 18.3 Å². The first kappa shape index (κ1) is 21.2. The van der Waals surface area contributed by atoms with Gasteiger partial charge < -0.3 is 10.2 Å². The molecule has 2 aromatic heterocycles. The van der Waals surface area contributed by atoms with Gasteiger partial charge in [-0.15, -0.1) is 0 Å². The number of benzene rings is 1. The maximum Gasteiger partial charge on any atom is 0.417 e. The van der Waals surface area contributed by atoms with E-state index in [0.717, 1.165) is 18.0 Å². The Balaban J connectivity index is 1.40. The van der Waals surface area contributed by atoms with Crippen molar-refractivity contribution in [2.24, 2.45) is 5.92 Å². The third-order valence-corrected chi connectivity index (χ3v) is 5.51. The monoisotopic (exact) mass is 449 g/mol. The van der Waals surface area contributed by atoms with Gasteiger partial charge in [0.15, 0.2) is 0 Å². The summed E-state index contributed by atoms with van der Waals surface area (Å²) in [6, 6.07) is 10.1. The van der Waals surface area contributed by atoms with Gasteiger partial charge in [0, 0.05) is 37.6 Å². The minimum atomic E-state index is -4.49. The zero-order valence-corrected chi connectivity index (χ0v) is 17.1. The fraction of sp³-hybridized carbons (Fsp3) is 0.286. The lowest BCUT2D eigenvalue weighted by Gasteiger charge is -2.32. The van der Waals surface area contributed by atoms with Crippen LogP contribution < -0.4 is 10.2 Å². The minimum absolute atomic E-state index is 0.0501. The summed E-state index contributed by atoms with van der Waals surface area (Å²) in [6.45, 7) is 0.938. The molecular formula is C21H19ClF3N5O. The van der Waals surface area contributed by atoms with Gasteiger partial charge in [-0.05, 0) is 37.1 Å². The van der Waals surface area contributed by atoms with Crippen molar-refractivity contribution in [2.75, 3.05) is 23.3 Å². The number of pyridine rings is 1. The van der Waals surface area contributed by atoms with Crippen LogP contribution in [0, 0.1) is 5.92 Å². The van der Waals surface area contributed by atoms with E-state index in [9.17, 15) is 18.0 Å². The number of hydrogen-bond donors (Lipinski definition) is 1. The van der Waals surface area contributed by atoms with Crippen LogP contribution in [0.4, 0.5) is 24.7 Å². The van der Waals surface area contributed by atoms with E-state index in [0.29, 0.717) is 37.4 Å². The summed E-state index contributed by atoms with van der Waals surface area (Å²) in [5.74, 6) is -0.0292. The molecule has 1 aliphatic heterocycles. The highest BCUT2D eigenvalue weighted by atomic mass is 35.5. The maximum absolute atomic E-state index is 12.8. The second-order valence-corrected chi connectivity index (χ2v) is 7.65. The number of aromatic nitrogens is 3. The molecule has 1 aliphatic rings. The summed E-state index contributed by atoms with van der Waals surface area (Å²) in [5, 5.41) is 7.13. The van der Waals surface area contributed by atoms with Gasteiger partial charge >= 0.3 is 6.18 Å². The van der Waals surface area contributed by atoms with Gasteiger partial charge in [-0.3, -0.25) is 4.79 Å². The Morgan fingerprint density at radius 2 is 1.90 bits per heavy atom. The van der Waals surface area contributed by atoms with Gasteiger partial charge in [0.05, 0.1) is 22.0 Å². The van der Waals surface area contributed by atoms with Crippen molar-refractivity contribution in [3.63, 3.8) is 0 Å². The number of anilines is 2. The minimum Gasteiger partial charge on any atom is -0.355 e. The molecule has 1 amide bonds. The Morgan fingerprint density at radius 1 is 1.16 bits per heavy atom. The van der Waals surface area contributed by atoms with E-state index in [1.54, 1.807) is 23.1 Å². The average molecular weight is 450 g/mol. The van der Waals surface area contributed by atoms with E-state index in [1.165, 1.54) is 0 Å². The molecule has 0 saturated carbocycles. The molecular weight excluding hydrogens is 431 g/mol. The fourth-order valence-corrected chi connectivity index (χ4v) is 3.88. The highest BCUT2D eigenvalue weighted by molar-refractivity contribution is 6.33. The maximum atomic E-state index is 12.8. The zero-order valence-electron chi connectivity index (χ0n) is 16.3. The molecule has 31 heavy (non-hydrogen) atoms. The van der Waals surface area contributed by atoms with Crippen LogP contribution in [0.2, 0.25) is 5.02 Å². The summed E-state index contributed by atoms with van der Waals surface area (Å²) in [6.07, 6.45) is 0.821. The van der Waals surface area contributed by atoms with Gasteiger partial charge in [-0.1, -0.05) is 23.7 Å². The Kier molecular flexibility index (Phi) is 5.86. The fourth-order valence-electron chi connectivity index (χ4n) is 3.60. The normalized spacial score (nSPS) is 15.2. The number of alkyl halides is 3. The topological polar surface area (TPSA) is 63.1 Å². The predicted octanol–water partition coefficient (Wildman–Crippen LogP) is 4.79. The second-order valence-electron chi connectivity index (χ2n) is 7.25. The lowest BCUT2D eigenvalue weighted by atomic mass is 9.95. The summed E-state index contributed by atoms with van der Waals surface area (Å²) in [4.78, 5) is 18.5. The molecule has 162 valence electrons. The van der Waals surface area contributed by atoms with E-state index >= 15 is 0 Å². The van der Waals surface area contributed by atoms with E-state index < -0.39 is 11.7 Å². The lowest BCUT2D eigenvalue weighted by Crippen LogP contribution is -2.38. The largest absolute Gasteiger partial charge is 0.417 e. The molecule has 0 atom stereocenters. The summed E-state index contributed by atoms with van der Waals surface area (Å²) < 4.78 is 40.1. The summed E-state index contributed by atoms with van der Waals surface area (Å²) >= 11 is 6.05. The Hall–Kier alpha value is -3.07. The van der Waals surface area contributed by atoms with E-state index in [1.807, 2.05) is 29.2 Å². The van der Waals surface area contributed by atoms with Crippen molar-refractivity contribution in [1.29, 1.82) is 0 Å². The number of carbonyl (C=O) groups is 1. The number of amides is 1. The number of carbonyl (C=O) groups excluding carboxylic acids is 1. The van der Waals surface area contributed by atoms with Crippen molar-refractivity contribution in [2.45, 2.75) is 19.0 Å². The Labute approximate surface area is 181 Å². The molecule has 1 fully saturated rings. The van der Waals surface area contributed by atoms with Crippen molar-refractivity contribution < 1.29 is 18.0 Å². The van der Waals surface area contributed by atoms with E-state index in [4.69, 9.17) is 11.6 Å². The van der Waals surface area contributed by atoms with Crippen LogP contribution in [0.15, 0.2) is 55.0 Å². The van der Waals surface area contributed by atoms with Crippen molar-refractivity contribution in [3.8, 4) is 5.69 Å². The molecule has 0 unspecified atom stereocenters. The van der Waals surface area contributed by atoms with E-state index in [-0.39, 0.29) is 16.8 Å². The average Bonchev–Trinajstić information content (AvgIpc) is 3.28. The zero-order chi connectivity index (χ0) is 22.0. The number of halogens is 4. The van der Waals surface area contributed by atoms with Crippen LogP contribution in [-0.2, 0) is 11.0 Å². The molecule has 0 radical (unpaired) electrons. The van der Waals surface area contributed by atoms with Gasteiger partial charge in [0.25, 0.3) is 0 Å². The molecule has 6 nitrogen and oxygen atoms in total.